The summed E-state index contributed by atoms with van der Waals surface area (Å²) in [5.41, 5.74) is 5.76. The predicted octanol–water partition coefficient (Wildman–Crippen LogP) is 0.950. The van der Waals surface area contributed by atoms with E-state index in [0.717, 1.165) is 0 Å². The van der Waals surface area contributed by atoms with Gasteiger partial charge in [-0.1, -0.05) is 17.7 Å². The summed E-state index contributed by atoms with van der Waals surface area (Å²) in [6.07, 6.45) is 0. The van der Waals surface area contributed by atoms with Crippen LogP contribution in [-0.4, -0.2) is 36.2 Å². The van der Waals surface area contributed by atoms with Gasteiger partial charge in [-0.15, -0.1) is 0 Å². The Labute approximate surface area is 114 Å². The lowest BCUT2D eigenvalue weighted by atomic mass is 10.0. The topological polar surface area (TPSA) is 102 Å². The van der Waals surface area contributed by atoms with Crippen LogP contribution in [-0.2, 0) is 9.53 Å². The lowest BCUT2D eigenvalue weighted by Gasteiger charge is -2.15. The first-order chi connectivity index (χ1) is 9.00. The van der Waals surface area contributed by atoms with Gasteiger partial charge in [0.15, 0.2) is 0 Å². The van der Waals surface area contributed by atoms with Crippen LogP contribution in [0.4, 0.5) is 5.69 Å². The first-order valence-corrected chi connectivity index (χ1v) is 6.04. The number of halogens is 1. The van der Waals surface area contributed by atoms with Crippen LogP contribution >= 0.6 is 11.6 Å². The average molecular weight is 285 g/mol. The summed E-state index contributed by atoms with van der Waals surface area (Å²) in [6.45, 7) is 0.551. The summed E-state index contributed by atoms with van der Waals surface area (Å²) < 4.78 is 5.10. The van der Waals surface area contributed by atoms with Crippen molar-refractivity contribution >= 4 is 29.2 Å². The number of aromatic carboxylic acids is 1. The number of hydrogen-bond acceptors (Lipinski definition) is 4. The van der Waals surface area contributed by atoms with Gasteiger partial charge in [0.2, 0.25) is 5.91 Å². The van der Waals surface area contributed by atoms with E-state index in [1.54, 1.807) is 6.07 Å². The Kier molecular flexibility index (Phi) is 4.04. The lowest BCUT2D eigenvalue weighted by molar-refractivity contribution is -0.120. The van der Waals surface area contributed by atoms with Crippen LogP contribution in [0.1, 0.15) is 10.4 Å². The van der Waals surface area contributed by atoms with Gasteiger partial charge in [-0.3, -0.25) is 4.79 Å². The van der Waals surface area contributed by atoms with E-state index in [1.165, 1.54) is 12.1 Å². The van der Waals surface area contributed by atoms with Gasteiger partial charge in [0.25, 0.3) is 0 Å². The number of hydrogen-bond donors (Lipinski definition) is 3. The fourth-order valence-electron chi connectivity index (χ4n) is 1.91. The first kappa shape index (κ1) is 13.8. The SMILES string of the molecule is NC1COCC1C(=O)Nc1cccc(Cl)c1C(=O)O. The minimum Gasteiger partial charge on any atom is -0.478 e. The van der Waals surface area contributed by atoms with Crippen molar-refractivity contribution < 1.29 is 19.4 Å². The number of benzene rings is 1. The molecule has 2 atom stereocenters. The summed E-state index contributed by atoms with van der Waals surface area (Å²) in [4.78, 5) is 23.1. The Morgan fingerprint density at radius 3 is 2.74 bits per heavy atom. The maximum Gasteiger partial charge on any atom is 0.339 e. The molecule has 1 fully saturated rings. The number of nitrogens with one attached hydrogen (secondary N) is 1. The van der Waals surface area contributed by atoms with E-state index in [9.17, 15) is 9.59 Å². The number of carbonyl (C=O) groups excluding carboxylic acids is 1. The molecule has 1 aromatic carbocycles. The molecule has 7 heteroatoms. The predicted molar refractivity (Wildman–Crippen MR) is 69.3 cm³/mol. The van der Waals surface area contributed by atoms with Gasteiger partial charge >= 0.3 is 5.97 Å². The normalized spacial score (nSPS) is 22.2. The van der Waals surface area contributed by atoms with E-state index in [4.69, 9.17) is 27.2 Å². The molecule has 1 heterocycles. The Bertz CT molecular complexity index is 520. The molecule has 0 spiro atoms. The van der Waals surface area contributed by atoms with Crippen LogP contribution < -0.4 is 11.1 Å². The molecule has 0 bridgehead atoms. The Morgan fingerprint density at radius 2 is 2.16 bits per heavy atom. The molecule has 0 radical (unpaired) electrons. The second kappa shape index (κ2) is 5.56. The highest BCUT2D eigenvalue weighted by atomic mass is 35.5. The van der Waals surface area contributed by atoms with Gasteiger partial charge in [0, 0.05) is 6.04 Å². The van der Waals surface area contributed by atoms with Gasteiger partial charge in [-0.25, -0.2) is 4.79 Å². The minimum absolute atomic E-state index is 0.0669. The molecule has 19 heavy (non-hydrogen) atoms. The first-order valence-electron chi connectivity index (χ1n) is 5.66. The third kappa shape index (κ3) is 2.86. The van der Waals surface area contributed by atoms with Crippen molar-refractivity contribution in [3.05, 3.63) is 28.8 Å². The van der Waals surface area contributed by atoms with E-state index in [2.05, 4.69) is 5.32 Å². The van der Waals surface area contributed by atoms with E-state index < -0.39 is 11.9 Å². The van der Waals surface area contributed by atoms with Crippen molar-refractivity contribution in [2.45, 2.75) is 6.04 Å². The molecule has 102 valence electrons. The van der Waals surface area contributed by atoms with Gasteiger partial charge < -0.3 is 20.9 Å². The fourth-order valence-corrected chi connectivity index (χ4v) is 2.17. The van der Waals surface area contributed by atoms with E-state index in [1.807, 2.05) is 0 Å². The second-order valence-corrected chi connectivity index (χ2v) is 4.67. The van der Waals surface area contributed by atoms with Gasteiger partial charge in [0.05, 0.1) is 29.8 Å². The minimum atomic E-state index is -1.20. The van der Waals surface area contributed by atoms with E-state index in [0.29, 0.717) is 6.61 Å². The van der Waals surface area contributed by atoms with E-state index in [-0.39, 0.29) is 34.8 Å². The average Bonchev–Trinajstić information content (AvgIpc) is 2.75. The molecule has 1 aliphatic rings. The highest BCUT2D eigenvalue weighted by molar-refractivity contribution is 6.34. The van der Waals surface area contributed by atoms with Crippen molar-refractivity contribution in [2.24, 2.45) is 11.7 Å². The quantitative estimate of drug-likeness (QED) is 0.767. The van der Waals surface area contributed by atoms with Crippen molar-refractivity contribution in [2.75, 3.05) is 18.5 Å². The largest absolute Gasteiger partial charge is 0.478 e. The zero-order valence-corrected chi connectivity index (χ0v) is 10.7. The van der Waals surface area contributed by atoms with Crippen LogP contribution in [0.15, 0.2) is 18.2 Å². The number of carboxylic acids is 1. The molecule has 0 aliphatic carbocycles. The number of carboxylic acid groups (broad SMARTS) is 1. The Morgan fingerprint density at radius 1 is 1.42 bits per heavy atom. The number of rotatable bonds is 3. The van der Waals surface area contributed by atoms with Gasteiger partial charge in [0.1, 0.15) is 5.56 Å². The van der Waals surface area contributed by atoms with Crippen molar-refractivity contribution in [3.63, 3.8) is 0 Å². The molecule has 1 aliphatic heterocycles. The van der Waals surface area contributed by atoms with Crippen LogP contribution in [0.25, 0.3) is 0 Å². The van der Waals surface area contributed by atoms with Crippen LogP contribution in [0.5, 0.6) is 0 Å². The Balaban J connectivity index is 2.21. The van der Waals surface area contributed by atoms with Crippen molar-refractivity contribution in [1.82, 2.24) is 0 Å². The van der Waals surface area contributed by atoms with Gasteiger partial charge in [-0.2, -0.15) is 0 Å². The second-order valence-electron chi connectivity index (χ2n) is 4.26. The molecule has 6 nitrogen and oxygen atoms in total. The summed E-state index contributed by atoms with van der Waals surface area (Å²) in [7, 11) is 0. The summed E-state index contributed by atoms with van der Waals surface area (Å²) >= 11 is 5.81. The number of nitrogens with two attached hydrogens (primary N) is 1. The third-order valence-corrected chi connectivity index (χ3v) is 3.26. The fraction of sp³-hybridized carbons (Fsp3) is 0.333. The summed E-state index contributed by atoms with van der Waals surface area (Å²) in [5.74, 6) is -2.05. The molecule has 1 amide bonds. The molecular weight excluding hydrogens is 272 g/mol. The molecular formula is C12H13ClN2O4. The smallest absolute Gasteiger partial charge is 0.339 e. The van der Waals surface area contributed by atoms with Crippen molar-refractivity contribution in [3.8, 4) is 0 Å². The van der Waals surface area contributed by atoms with E-state index >= 15 is 0 Å². The highest BCUT2D eigenvalue weighted by Crippen LogP contribution is 2.25. The molecule has 0 aromatic heterocycles. The van der Waals surface area contributed by atoms with Gasteiger partial charge in [-0.05, 0) is 12.1 Å². The monoisotopic (exact) mass is 284 g/mol. The molecule has 1 saturated heterocycles. The maximum absolute atomic E-state index is 12.0. The number of ether oxygens (including phenoxy) is 1. The summed E-state index contributed by atoms with van der Waals surface area (Å²) in [5, 5.41) is 11.7. The molecule has 4 N–H and O–H groups in total. The lowest BCUT2D eigenvalue weighted by Crippen LogP contribution is -2.37. The number of anilines is 1. The zero-order valence-electron chi connectivity index (χ0n) is 9.93. The maximum atomic E-state index is 12.0. The molecule has 1 aromatic rings. The van der Waals surface area contributed by atoms with Crippen LogP contribution in [0, 0.1) is 5.92 Å². The zero-order chi connectivity index (χ0) is 14.0. The molecule has 2 unspecified atom stereocenters. The standard InChI is InChI=1S/C12H13ClN2O4/c13-7-2-1-3-9(10(7)12(17)18)15-11(16)6-4-19-5-8(6)14/h1-3,6,8H,4-5,14H2,(H,15,16)(H,17,18). The third-order valence-electron chi connectivity index (χ3n) is 2.95. The van der Waals surface area contributed by atoms with Crippen LogP contribution in [0.3, 0.4) is 0 Å². The number of carbonyl (C=O) groups is 2. The summed E-state index contributed by atoms with van der Waals surface area (Å²) in [6, 6.07) is 4.11. The number of amides is 1. The molecule has 2 rings (SSSR count). The van der Waals surface area contributed by atoms with Crippen LogP contribution in [0.2, 0.25) is 5.02 Å². The Hall–Kier alpha value is -1.63. The van der Waals surface area contributed by atoms with Crippen molar-refractivity contribution in [1.29, 1.82) is 0 Å². The highest BCUT2D eigenvalue weighted by Gasteiger charge is 2.32. The molecule has 0 saturated carbocycles.